The highest BCUT2D eigenvalue weighted by molar-refractivity contribution is 7.10. The molecule has 3 saturated heterocycles. The van der Waals surface area contributed by atoms with Crippen molar-refractivity contribution in [3.8, 4) is 17.6 Å². The molecule has 3 aromatic rings. The molecule has 2 aromatic heterocycles. The van der Waals surface area contributed by atoms with Gasteiger partial charge in [-0.25, -0.2) is 0 Å². The summed E-state index contributed by atoms with van der Waals surface area (Å²) in [7, 11) is 0. The first-order valence-corrected chi connectivity index (χ1v) is 18.9. The van der Waals surface area contributed by atoms with Crippen LogP contribution in [-0.2, 0) is 32.1 Å². The van der Waals surface area contributed by atoms with Gasteiger partial charge in [0.05, 0.1) is 29.7 Å². The quantitative estimate of drug-likeness (QED) is 0.104. The van der Waals surface area contributed by atoms with E-state index in [1.807, 2.05) is 6.92 Å². The Morgan fingerprint density at radius 1 is 1.09 bits per heavy atom. The Bertz CT molecular complexity index is 1890. The fourth-order valence-electron chi connectivity index (χ4n) is 7.90. The summed E-state index contributed by atoms with van der Waals surface area (Å²) in [5.41, 5.74) is -3.26. The summed E-state index contributed by atoms with van der Waals surface area (Å²) < 4.78 is 101. The molecular weight excluding hydrogens is 754 g/mol. The predicted molar refractivity (Wildman–Crippen MR) is 186 cm³/mol. The molecule has 1 N–H and O–H groups in total. The Morgan fingerprint density at radius 3 is 2.49 bits per heavy atom. The minimum absolute atomic E-state index is 0.0859. The normalized spacial score (nSPS) is 24.2. The molecule has 0 aliphatic carbocycles. The van der Waals surface area contributed by atoms with Crippen LogP contribution in [0.1, 0.15) is 86.0 Å². The monoisotopic (exact) mass is 794 g/mol. The lowest BCUT2D eigenvalue weighted by molar-refractivity contribution is -0.164. The number of aromatic nitrogens is 1. The zero-order valence-electron chi connectivity index (χ0n) is 29.9. The number of piperidine rings is 2. The first kappa shape index (κ1) is 40.3. The molecule has 6 rings (SSSR count). The van der Waals surface area contributed by atoms with Gasteiger partial charge in [0.1, 0.15) is 28.7 Å². The van der Waals surface area contributed by atoms with Gasteiger partial charge in [0, 0.05) is 61.0 Å². The molecule has 0 spiro atoms. The van der Waals surface area contributed by atoms with Crippen LogP contribution < -0.4 is 9.47 Å². The number of aliphatic carboxylic acids is 1. The van der Waals surface area contributed by atoms with Crippen LogP contribution in [0.4, 0.5) is 26.3 Å². The highest BCUT2D eigenvalue weighted by Crippen LogP contribution is 2.51. The molecule has 0 saturated carbocycles. The molecule has 3 fully saturated rings. The second-order valence-electron chi connectivity index (χ2n) is 14.0. The molecule has 5 heterocycles. The van der Waals surface area contributed by atoms with Crippen molar-refractivity contribution in [2.45, 2.75) is 100 Å². The van der Waals surface area contributed by atoms with Gasteiger partial charge in [-0.3, -0.25) is 19.5 Å². The van der Waals surface area contributed by atoms with E-state index in [9.17, 15) is 36.4 Å². The Labute approximate surface area is 317 Å². The number of pyridine rings is 1. The van der Waals surface area contributed by atoms with E-state index in [0.29, 0.717) is 48.5 Å². The minimum atomic E-state index is -4.67. The fourth-order valence-corrected chi connectivity index (χ4v) is 8.58. The first-order chi connectivity index (χ1) is 26.1. The Hall–Kier alpha value is -4.40. The lowest BCUT2D eigenvalue weighted by Crippen LogP contribution is -2.68. The van der Waals surface area contributed by atoms with Gasteiger partial charge in [-0.2, -0.15) is 31.6 Å². The van der Waals surface area contributed by atoms with E-state index in [4.69, 9.17) is 19.3 Å². The lowest BCUT2D eigenvalue weighted by Gasteiger charge is -2.50. The van der Waals surface area contributed by atoms with Gasteiger partial charge in [-0.15, -0.1) is 11.3 Å². The van der Waals surface area contributed by atoms with Crippen LogP contribution in [0, 0.1) is 11.3 Å². The largest absolute Gasteiger partial charge is 0.493 e. The summed E-state index contributed by atoms with van der Waals surface area (Å²) in [5.74, 6) is -1.17. The molecule has 17 heteroatoms. The topological polar surface area (TPSA) is 129 Å². The number of carboxylic acids is 1. The predicted octanol–water partition coefficient (Wildman–Crippen LogP) is 7.99. The maximum Gasteiger partial charge on any atom is 0.425 e. The molecule has 4 atom stereocenters. The molecular formula is C38H40F6N4O6S. The third-order valence-electron chi connectivity index (χ3n) is 10.6. The number of benzene rings is 1. The smallest absolute Gasteiger partial charge is 0.425 e. The molecule has 55 heavy (non-hydrogen) atoms. The fraction of sp³-hybridized carbons (Fsp3) is 0.526. The average Bonchev–Trinajstić information content (AvgIpc) is 3.81. The van der Waals surface area contributed by atoms with Crippen LogP contribution in [0.3, 0.4) is 0 Å². The number of hydrogen-bond donors (Lipinski definition) is 1. The third kappa shape index (κ3) is 8.41. The van der Waals surface area contributed by atoms with Crippen LogP contribution in [0.25, 0.3) is 0 Å². The summed E-state index contributed by atoms with van der Waals surface area (Å²) in [5, 5.41) is 20.8. The molecule has 3 aliphatic heterocycles. The van der Waals surface area contributed by atoms with Gasteiger partial charge in [0.2, 0.25) is 5.60 Å². The van der Waals surface area contributed by atoms with E-state index < -0.39 is 64.1 Å². The Kier molecular flexibility index (Phi) is 11.7. The lowest BCUT2D eigenvalue weighted by atomic mass is 9.72. The number of thiophene rings is 1. The Balaban J connectivity index is 1.30. The number of carbonyl (C=O) groups excluding carboxylic acids is 1. The van der Waals surface area contributed by atoms with Crippen LogP contribution in [0.15, 0.2) is 54.2 Å². The van der Waals surface area contributed by atoms with E-state index in [0.717, 1.165) is 24.5 Å². The van der Waals surface area contributed by atoms with Crippen molar-refractivity contribution in [3.63, 3.8) is 0 Å². The van der Waals surface area contributed by atoms with Crippen molar-refractivity contribution in [1.82, 2.24) is 14.8 Å². The van der Waals surface area contributed by atoms with Gasteiger partial charge in [0.25, 0.3) is 5.91 Å². The number of nitriles is 1. The number of carbonyl (C=O) groups is 2. The number of nitrogens with zero attached hydrogens (tertiary/aromatic N) is 4. The summed E-state index contributed by atoms with van der Waals surface area (Å²) in [6.45, 7) is 2.51. The van der Waals surface area contributed by atoms with Crippen LogP contribution in [-0.4, -0.2) is 75.9 Å². The van der Waals surface area contributed by atoms with Crippen molar-refractivity contribution < 1.29 is 55.2 Å². The number of ether oxygens (including phenoxy) is 3. The molecule has 0 radical (unpaired) electrons. The second kappa shape index (κ2) is 16.0. The third-order valence-corrected chi connectivity index (χ3v) is 11.5. The maximum atomic E-state index is 15.0. The van der Waals surface area contributed by atoms with Gasteiger partial charge in [0.15, 0.2) is 0 Å². The van der Waals surface area contributed by atoms with E-state index in [1.165, 1.54) is 5.38 Å². The summed E-state index contributed by atoms with van der Waals surface area (Å²) >= 11 is 0.433. The number of epoxide rings is 1. The number of amides is 1. The van der Waals surface area contributed by atoms with E-state index in [-0.39, 0.29) is 63.1 Å². The molecule has 1 amide bonds. The van der Waals surface area contributed by atoms with Crippen molar-refractivity contribution >= 4 is 23.2 Å². The molecule has 1 aromatic carbocycles. The number of para-hydroxylation sites is 1. The number of carboxylic acid groups (broad SMARTS) is 1. The van der Waals surface area contributed by atoms with Gasteiger partial charge in [-0.1, -0.05) is 31.5 Å². The van der Waals surface area contributed by atoms with Gasteiger partial charge >= 0.3 is 18.3 Å². The molecule has 2 unspecified atom stereocenters. The van der Waals surface area contributed by atoms with Crippen LogP contribution >= 0.6 is 11.3 Å². The van der Waals surface area contributed by atoms with Crippen LogP contribution in [0.5, 0.6) is 11.5 Å². The minimum Gasteiger partial charge on any atom is -0.493 e. The number of hydrogen-bond acceptors (Lipinski definition) is 9. The average molecular weight is 795 g/mol. The number of alkyl halides is 6. The summed E-state index contributed by atoms with van der Waals surface area (Å²) in [6.07, 6.45) is -7.21. The summed E-state index contributed by atoms with van der Waals surface area (Å²) in [6, 6.07) is 10.3. The van der Waals surface area contributed by atoms with Crippen molar-refractivity contribution in [1.29, 1.82) is 5.26 Å². The van der Waals surface area contributed by atoms with Gasteiger partial charge < -0.3 is 24.2 Å². The van der Waals surface area contributed by atoms with E-state index >= 15 is 4.79 Å². The van der Waals surface area contributed by atoms with E-state index in [1.54, 1.807) is 34.1 Å². The van der Waals surface area contributed by atoms with Gasteiger partial charge in [-0.05, 0) is 50.7 Å². The molecule has 10 nitrogen and oxygen atoms in total. The second-order valence-corrected chi connectivity index (χ2v) is 14.9. The molecule has 3 aliphatic rings. The zero-order valence-corrected chi connectivity index (χ0v) is 30.7. The molecule has 0 bridgehead atoms. The van der Waals surface area contributed by atoms with Crippen LogP contribution in [0.2, 0.25) is 0 Å². The number of halogens is 6. The van der Waals surface area contributed by atoms with Crippen molar-refractivity contribution in [2.75, 3.05) is 26.2 Å². The highest BCUT2D eigenvalue weighted by atomic mass is 32.1. The summed E-state index contributed by atoms with van der Waals surface area (Å²) in [4.78, 5) is 32.4. The van der Waals surface area contributed by atoms with Crippen molar-refractivity contribution in [2.24, 2.45) is 0 Å². The first-order valence-electron chi connectivity index (χ1n) is 18.1. The molecule has 296 valence electrons. The number of likely N-dealkylation sites (tertiary alicyclic amines) is 2. The zero-order chi connectivity index (χ0) is 39.6. The highest BCUT2D eigenvalue weighted by Gasteiger charge is 2.60. The number of rotatable bonds is 13. The maximum absolute atomic E-state index is 15.0. The SMILES string of the molecule is CCC[C@H]1N(C2OC2c2cnccc2C(F)(F)F)CCC[C@@]1(Oc1csc(C(F)(F)F)c1)C(=O)N1CCC(C#N)(c2ccccc2OCCCC(=O)O)CC1. The Morgan fingerprint density at radius 2 is 1.84 bits per heavy atom. The van der Waals surface area contributed by atoms with E-state index in [2.05, 4.69) is 11.1 Å². The standard InChI is InChI=1S/C38H40F6N4O6S/c1-2-7-29-36(54-24-20-30(55-22-24)38(42,43)44,12-6-16-48(29)33-32(53-33)25-21-46-15-11-26(25)37(39,40)41)34(51)47-17-13-35(23-45,14-18-47)27-8-3-4-9-28(27)52-19-5-10-31(49)50/h3-4,8-9,11,15,20-22,29,32-33H,2,5-7,10,12-14,16-19H2,1H3,(H,49,50)/t29-,32?,33?,36+/m1/s1. The van der Waals surface area contributed by atoms with Crippen molar-refractivity contribution in [3.05, 3.63) is 75.7 Å².